The van der Waals surface area contributed by atoms with Crippen LogP contribution in [0.1, 0.15) is 32.8 Å². The average molecular weight is 684 g/mol. The number of amides is 2. The Bertz CT molecular complexity index is 2270. The minimum Gasteiger partial charge on any atom is -0.450 e. The van der Waals surface area contributed by atoms with Gasteiger partial charge in [-0.05, 0) is 47.5 Å². The van der Waals surface area contributed by atoms with E-state index in [1.807, 2.05) is 48.5 Å². The molecule has 0 bridgehead atoms. The lowest BCUT2D eigenvalue weighted by atomic mass is 9.84. The number of carbonyl (C=O) groups is 2. The van der Waals surface area contributed by atoms with E-state index in [1.54, 1.807) is 53.4 Å². The van der Waals surface area contributed by atoms with Crippen molar-refractivity contribution >= 4 is 79.9 Å². The zero-order valence-electron chi connectivity index (χ0n) is 23.6. The molecule has 2 aromatic heterocycles. The Hall–Kier alpha value is -4.48. The first-order chi connectivity index (χ1) is 22.4. The van der Waals surface area contributed by atoms with Crippen LogP contribution >= 0.6 is 46.3 Å². The maximum absolute atomic E-state index is 15.1. The van der Waals surface area contributed by atoms with Crippen molar-refractivity contribution in [1.29, 1.82) is 0 Å². The summed E-state index contributed by atoms with van der Waals surface area (Å²) in [6.45, 7) is 0.181. The van der Waals surface area contributed by atoms with Gasteiger partial charge in [0.25, 0.3) is 11.8 Å². The molecule has 2 aliphatic rings. The van der Waals surface area contributed by atoms with E-state index in [0.29, 0.717) is 31.4 Å². The van der Waals surface area contributed by atoms with Crippen molar-refractivity contribution < 1.29 is 14.0 Å². The number of carbonyl (C=O) groups excluding carboxylic acids is 2. The molecular formula is C34H20Cl2N4O4S2. The molecule has 8 nitrogen and oxygen atoms in total. The first-order valence-electron chi connectivity index (χ1n) is 14.1. The maximum atomic E-state index is 15.1. The molecule has 0 aliphatic carbocycles. The largest absolute Gasteiger partial charge is 0.450 e. The molecule has 0 saturated carbocycles. The van der Waals surface area contributed by atoms with Crippen molar-refractivity contribution in [3.05, 3.63) is 145 Å². The standard InChI is InChI=1S/C34H20Cl2N4O4S2/c35-21-15-13-19(14-16-21)17-39-25-11-5-3-9-23(25)34(31(39)43)27-28(41)22-8-2-6-12-26(22)44-29(27)30(42)40(34)32-37-38-33(46-32)45-18-20-7-1-4-10-24(20)36/h1-16H,17-18H2. The van der Waals surface area contributed by atoms with Crippen LogP contribution in [-0.4, -0.2) is 22.0 Å². The van der Waals surface area contributed by atoms with Crippen LogP contribution in [0.4, 0.5) is 10.8 Å². The molecule has 1 unspecified atom stereocenters. The second-order valence-electron chi connectivity index (χ2n) is 10.7. The predicted molar refractivity (Wildman–Crippen MR) is 180 cm³/mol. The number of anilines is 2. The van der Waals surface area contributed by atoms with Gasteiger partial charge in [-0.1, -0.05) is 107 Å². The van der Waals surface area contributed by atoms with Crippen molar-refractivity contribution in [2.45, 2.75) is 22.2 Å². The van der Waals surface area contributed by atoms with Gasteiger partial charge in [0.15, 0.2) is 15.3 Å². The number of para-hydroxylation sites is 2. The molecule has 0 saturated heterocycles. The van der Waals surface area contributed by atoms with E-state index in [1.165, 1.54) is 16.7 Å². The van der Waals surface area contributed by atoms with Gasteiger partial charge in [0.05, 0.1) is 23.2 Å². The fourth-order valence-corrected chi connectivity index (χ4v) is 8.45. The summed E-state index contributed by atoms with van der Waals surface area (Å²) >= 11 is 15.1. The van der Waals surface area contributed by atoms with E-state index < -0.39 is 22.8 Å². The van der Waals surface area contributed by atoms with Crippen molar-refractivity contribution in [2.24, 2.45) is 0 Å². The molecule has 226 valence electrons. The highest BCUT2D eigenvalue weighted by Crippen LogP contribution is 2.55. The van der Waals surface area contributed by atoms with Gasteiger partial charge in [-0.2, -0.15) is 0 Å². The first-order valence-corrected chi connectivity index (χ1v) is 16.7. The molecule has 4 heterocycles. The van der Waals surface area contributed by atoms with Crippen LogP contribution in [0.5, 0.6) is 0 Å². The lowest BCUT2D eigenvalue weighted by Gasteiger charge is -2.32. The summed E-state index contributed by atoms with van der Waals surface area (Å²) in [5.41, 5.74) is 0.676. The number of aromatic nitrogens is 2. The van der Waals surface area contributed by atoms with Gasteiger partial charge in [-0.15, -0.1) is 10.2 Å². The Labute approximate surface area is 280 Å². The van der Waals surface area contributed by atoms with Crippen LogP contribution in [0, 0.1) is 0 Å². The number of halogens is 2. The summed E-state index contributed by atoms with van der Waals surface area (Å²) in [6.07, 6.45) is 0. The van der Waals surface area contributed by atoms with Gasteiger partial charge in [-0.3, -0.25) is 19.3 Å². The molecule has 12 heteroatoms. The van der Waals surface area contributed by atoms with E-state index in [4.69, 9.17) is 27.6 Å². The van der Waals surface area contributed by atoms with Crippen molar-refractivity contribution in [3.63, 3.8) is 0 Å². The van der Waals surface area contributed by atoms with Gasteiger partial charge in [-0.25, -0.2) is 0 Å². The van der Waals surface area contributed by atoms with Crippen molar-refractivity contribution in [2.75, 3.05) is 9.80 Å². The fourth-order valence-electron chi connectivity index (χ4n) is 6.15. The van der Waals surface area contributed by atoms with Gasteiger partial charge in [0.2, 0.25) is 10.9 Å². The molecule has 0 fully saturated rings. The SMILES string of the molecule is O=C1c2oc3ccccc3c(=O)c2C2(C(=O)N(Cc3ccc(Cl)cc3)c3ccccc32)N1c1nnc(SCc2ccccc2Cl)s1. The molecule has 4 aromatic carbocycles. The van der Waals surface area contributed by atoms with E-state index in [0.717, 1.165) is 22.5 Å². The molecule has 2 aliphatic heterocycles. The van der Waals surface area contributed by atoms with E-state index in [9.17, 15) is 9.59 Å². The summed E-state index contributed by atoms with van der Waals surface area (Å²) in [5.74, 6) is -0.789. The smallest absolute Gasteiger partial charge is 0.297 e. The van der Waals surface area contributed by atoms with Gasteiger partial charge in [0, 0.05) is 21.4 Å². The summed E-state index contributed by atoms with van der Waals surface area (Å²) in [6, 6.07) is 28.6. The van der Waals surface area contributed by atoms with Crippen molar-refractivity contribution in [3.8, 4) is 0 Å². The van der Waals surface area contributed by atoms with E-state index in [-0.39, 0.29) is 34.0 Å². The van der Waals surface area contributed by atoms with Crippen LogP contribution in [0.25, 0.3) is 11.0 Å². The number of fused-ring (bicyclic) bond motifs is 5. The summed E-state index contributed by atoms with van der Waals surface area (Å²) in [5, 5.41) is 10.4. The lowest BCUT2D eigenvalue weighted by molar-refractivity contribution is -0.121. The molecule has 8 rings (SSSR count). The zero-order valence-corrected chi connectivity index (χ0v) is 26.8. The molecule has 1 atom stereocenters. The van der Waals surface area contributed by atoms with Crippen LogP contribution in [0.15, 0.2) is 111 Å². The van der Waals surface area contributed by atoms with Crippen LogP contribution in [-0.2, 0) is 22.6 Å². The van der Waals surface area contributed by atoms with Gasteiger partial charge in [0.1, 0.15) is 5.58 Å². The monoisotopic (exact) mass is 682 g/mol. The van der Waals surface area contributed by atoms with Gasteiger partial charge < -0.3 is 9.32 Å². The number of hydrogen-bond donors (Lipinski definition) is 0. The summed E-state index contributed by atoms with van der Waals surface area (Å²) in [7, 11) is 0. The zero-order chi connectivity index (χ0) is 31.6. The third-order valence-corrected chi connectivity index (χ3v) is 10.9. The number of hydrogen-bond acceptors (Lipinski definition) is 8. The van der Waals surface area contributed by atoms with E-state index >= 15 is 4.79 Å². The normalized spacial score (nSPS) is 16.9. The predicted octanol–water partition coefficient (Wildman–Crippen LogP) is 7.69. The second kappa shape index (κ2) is 11.1. The number of rotatable bonds is 6. The molecule has 46 heavy (non-hydrogen) atoms. The molecule has 0 radical (unpaired) electrons. The third kappa shape index (κ3) is 4.32. The second-order valence-corrected chi connectivity index (χ2v) is 13.8. The Kier molecular flexibility index (Phi) is 6.99. The van der Waals surface area contributed by atoms with Crippen molar-refractivity contribution in [1.82, 2.24) is 10.2 Å². The van der Waals surface area contributed by atoms with Crippen LogP contribution in [0.3, 0.4) is 0 Å². The van der Waals surface area contributed by atoms with Crippen LogP contribution < -0.4 is 15.2 Å². The summed E-state index contributed by atoms with van der Waals surface area (Å²) < 4.78 is 6.72. The Morgan fingerprint density at radius 3 is 2.41 bits per heavy atom. The first kappa shape index (κ1) is 29.0. The minimum atomic E-state index is -1.87. The average Bonchev–Trinajstić information content (AvgIpc) is 3.71. The van der Waals surface area contributed by atoms with Gasteiger partial charge >= 0.3 is 0 Å². The molecule has 2 amide bonds. The quantitative estimate of drug-likeness (QED) is 0.131. The highest BCUT2D eigenvalue weighted by Gasteiger charge is 2.66. The number of benzene rings is 4. The highest BCUT2D eigenvalue weighted by molar-refractivity contribution is 8.00. The Balaban J connectivity index is 1.31. The minimum absolute atomic E-state index is 0.0345. The Morgan fingerprint density at radius 2 is 1.59 bits per heavy atom. The third-order valence-electron chi connectivity index (χ3n) is 8.18. The fraction of sp³-hybridized carbons (Fsp3) is 0.0882. The molecule has 0 N–H and O–H groups in total. The molecule has 6 aromatic rings. The number of thioether (sulfide) groups is 1. The molecular weight excluding hydrogens is 663 g/mol. The highest BCUT2D eigenvalue weighted by atomic mass is 35.5. The summed E-state index contributed by atoms with van der Waals surface area (Å²) in [4.78, 5) is 46.8. The Morgan fingerprint density at radius 1 is 0.848 bits per heavy atom. The maximum Gasteiger partial charge on any atom is 0.297 e. The topological polar surface area (TPSA) is 96.6 Å². The molecule has 1 spiro atoms. The van der Waals surface area contributed by atoms with E-state index in [2.05, 4.69) is 10.2 Å². The van der Waals surface area contributed by atoms with Crippen LogP contribution in [0.2, 0.25) is 10.0 Å². The lowest BCUT2D eigenvalue weighted by Crippen LogP contribution is -2.53. The number of nitrogens with zero attached hydrogens (tertiary/aromatic N) is 4.